The van der Waals surface area contributed by atoms with Crippen molar-refractivity contribution in [2.45, 2.75) is 13.5 Å². The van der Waals surface area contributed by atoms with Crippen LogP contribution in [0.4, 0.5) is 0 Å². The molecule has 1 aromatic carbocycles. The molecule has 0 saturated heterocycles. The second kappa shape index (κ2) is 5.43. The van der Waals surface area contributed by atoms with Gasteiger partial charge in [0.15, 0.2) is 5.82 Å². The number of nitrogens with zero attached hydrogens (tertiary/aromatic N) is 3. The van der Waals surface area contributed by atoms with E-state index >= 15 is 0 Å². The highest BCUT2D eigenvalue weighted by Gasteiger charge is 2.10. The summed E-state index contributed by atoms with van der Waals surface area (Å²) in [5.41, 5.74) is 7.73. The molecule has 0 aliphatic heterocycles. The molecule has 6 heteroatoms. The monoisotopic (exact) mass is 260 g/mol. The predicted octanol–water partition coefficient (Wildman–Crippen LogP) is 1.34. The lowest BCUT2D eigenvalue weighted by atomic mass is 10.1. The third kappa shape index (κ3) is 2.67. The zero-order chi connectivity index (χ0) is 13.8. The first kappa shape index (κ1) is 12.9. The summed E-state index contributed by atoms with van der Waals surface area (Å²) in [6, 6.07) is 5.94. The van der Waals surface area contributed by atoms with Gasteiger partial charge in [-0.25, -0.2) is 4.98 Å². The molecule has 0 saturated carbocycles. The number of hydrogen-bond donors (Lipinski definition) is 2. The number of aromatic nitrogens is 2. The Morgan fingerprint density at radius 3 is 3.00 bits per heavy atom. The van der Waals surface area contributed by atoms with Gasteiger partial charge in [-0.05, 0) is 13.0 Å². The van der Waals surface area contributed by atoms with E-state index in [0.717, 1.165) is 16.9 Å². The van der Waals surface area contributed by atoms with Gasteiger partial charge in [0, 0.05) is 18.0 Å². The highest BCUT2D eigenvalue weighted by Crippen LogP contribution is 2.21. The smallest absolute Gasteiger partial charge is 0.206 e. The zero-order valence-corrected chi connectivity index (χ0v) is 10.9. The minimum atomic E-state index is -0.0170. The lowest BCUT2D eigenvalue weighted by Crippen LogP contribution is -2.20. The molecule has 2 aromatic rings. The Balaban J connectivity index is 2.36. The molecule has 0 fully saturated rings. The molecule has 0 atom stereocenters. The van der Waals surface area contributed by atoms with E-state index < -0.39 is 0 Å². The number of ether oxygens (including phenoxy) is 1. The van der Waals surface area contributed by atoms with E-state index in [9.17, 15) is 0 Å². The van der Waals surface area contributed by atoms with Crippen LogP contribution < -0.4 is 10.5 Å². The van der Waals surface area contributed by atoms with E-state index in [1.54, 1.807) is 24.1 Å². The van der Waals surface area contributed by atoms with Gasteiger partial charge in [0.25, 0.3) is 0 Å². The number of rotatable bonds is 4. The normalized spacial score (nSPS) is 11.6. The van der Waals surface area contributed by atoms with Gasteiger partial charge in [0.2, 0.25) is 5.84 Å². The fourth-order valence-electron chi connectivity index (χ4n) is 1.93. The van der Waals surface area contributed by atoms with E-state index in [0.29, 0.717) is 12.4 Å². The molecule has 1 aromatic heterocycles. The quantitative estimate of drug-likeness (QED) is 0.376. The first-order valence-electron chi connectivity index (χ1n) is 5.78. The maximum Gasteiger partial charge on any atom is 0.206 e. The number of nitrogens with two attached hydrogens (primary N) is 1. The molecule has 3 N–H and O–H groups in total. The molecular weight excluding hydrogens is 244 g/mol. The Bertz CT molecular complexity index is 604. The fraction of sp³-hybridized carbons (Fsp3) is 0.231. The molecule has 0 spiro atoms. The topological polar surface area (TPSA) is 85.7 Å². The van der Waals surface area contributed by atoms with Crippen molar-refractivity contribution in [3.63, 3.8) is 0 Å². The van der Waals surface area contributed by atoms with E-state index in [2.05, 4.69) is 10.1 Å². The van der Waals surface area contributed by atoms with Crippen LogP contribution in [0.25, 0.3) is 0 Å². The molecular formula is C13H16N4O2. The Morgan fingerprint density at radius 1 is 1.53 bits per heavy atom. The summed E-state index contributed by atoms with van der Waals surface area (Å²) in [6.07, 6.45) is 3.38. The lowest BCUT2D eigenvalue weighted by molar-refractivity contribution is 0.318. The van der Waals surface area contributed by atoms with Crippen LogP contribution in [0.15, 0.2) is 35.7 Å². The van der Waals surface area contributed by atoms with Crippen LogP contribution >= 0.6 is 0 Å². The minimum absolute atomic E-state index is 0.0170. The molecule has 0 bridgehead atoms. The summed E-state index contributed by atoms with van der Waals surface area (Å²) in [5, 5.41) is 11.7. The first-order valence-corrected chi connectivity index (χ1v) is 5.78. The van der Waals surface area contributed by atoms with E-state index in [1.807, 2.05) is 25.1 Å². The third-order valence-corrected chi connectivity index (χ3v) is 2.83. The second-order valence-electron chi connectivity index (χ2n) is 4.18. The Morgan fingerprint density at radius 2 is 2.32 bits per heavy atom. The molecule has 100 valence electrons. The average molecular weight is 260 g/mol. The molecule has 0 radical (unpaired) electrons. The van der Waals surface area contributed by atoms with Gasteiger partial charge in [-0.15, -0.1) is 0 Å². The molecule has 0 amide bonds. The standard InChI is InChI=1S/C13H16N4O2/c1-9-3-4-11(19-2)10(7-9)8-17-6-5-15-13(17)12(14)16-18/h3-7,18H,8H2,1-2H3,(H2,14,16). The zero-order valence-electron chi connectivity index (χ0n) is 10.9. The number of aryl methyl sites for hydroxylation is 1. The first-order chi connectivity index (χ1) is 9.15. The van der Waals surface area contributed by atoms with Crippen LogP contribution in [-0.2, 0) is 6.54 Å². The number of amidine groups is 1. The number of imidazole rings is 1. The Kier molecular flexibility index (Phi) is 3.70. The van der Waals surface area contributed by atoms with Crippen LogP contribution in [0.2, 0.25) is 0 Å². The highest BCUT2D eigenvalue weighted by molar-refractivity contribution is 5.93. The van der Waals surface area contributed by atoms with Crippen molar-refractivity contribution in [2.75, 3.05) is 7.11 Å². The largest absolute Gasteiger partial charge is 0.496 e. The van der Waals surface area contributed by atoms with Crippen molar-refractivity contribution >= 4 is 5.84 Å². The second-order valence-corrected chi connectivity index (χ2v) is 4.18. The molecule has 0 aliphatic carbocycles. The Hall–Kier alpha value is -2.50. The van der Waals surface area contributed by atoms with E-state index in [1.165, 1.54) is 0 Å². The van der Waals surface area contributed by atoms with Gasteiger partial charge in [-0.2, -0.15) is 0 Å². The number of methoxy groups -OCH3 is 1. The summed E-state index contributed by atoms with van der Waals surface area (Å²) in [5.74, 6) is 1.20. The van der Waals surface area contributed by atoms with Crippen molar-refractivity contribution in [3.8, 4) is 5.75 Å². The maximum absolute atomic E-state index is 8.73. The molecule has 2 rings (SSSR count). The molecule has 0 aliphatic rings. The maximum atomic E-state index is 8.73. The highest BCUT2D eigenvalue weighted by atomic mass is 16.5. The summed E-state index contributed by atoms with van der Waals surface area (Å²) >= 11 is 0. The molecule has 19 heavy (non-hydrogen) atoms. The van der Waals surface area contributed by atoms with Gasteiger partial charge in [-0.1, -0.05) is 22.9 Å². The van der Waals surface area contributed by atoms with E-state index in [-0.39, 0.29) is 5.84 Å². The van der Waals surface area contributed by atoms with Crippen LogP contribution in [0.3, 0.4) is 0 Å². The third-order valence-electron chi connectivity index (χ3n) is 2.83. The van der Waals surface area contributed by atoms with Gasteiger partial charge in [0.05, 0.1) is 13.7 Å². The van der Waals surface area contributed by atoms with Crippen LogP contribution in [0.5, 0.6) is 5.75 Å². The van der Waals surface area contributed by atoms with Crippen LogP contribution in [-0.4, -0.2) is 27.7 Å². The summed E-state index contributed by atoms with van der Waals surface area (Å²) in [4.78, 5) is 4.07. The molecule has 0 unspecified atom stereocenters. The van der Waals surface area contributed by atoms with Crippen molar-refractivity contribution in [3.05, 3.63) is 47.5 Å². The lowest BCUT2D eigenvalue weighted by Gasteiger charge is -2.11. The molecule has 1 heterocycles. The van der Waals surface area contributed by atoms with Gasteiger partial charge >= 0.3 is 0 Å². The van der Waals surface area contributed by atoms with Crippen molar-refractivity contribution < 1.29 is 9.94 Å². The van der Waals surface area contributed by atoms with Crippen molar-refractivity contribution in [2.24, 2.45) is 10.9 Å². The van der Waals surface area contributed by atoms with Crippen LogP contribution in [0.1, 0.15) is 17.0 Å². The predicted molar refractivity (Wildman–Crippen MR) is 71.6 cm³/mol. The summed E-state index contributed by atoms with van der Waals surface area (Å²) < 4.78 is 7.13. The van der Waals surface area contributed by atoms with Gasteiger partial charge < -0.3 is 20.2 Å². The minimum Gasteiger partial charge on any atom is -0.496 e. The van der Waals surface area contributed by atoms with Crippen molar-refractivity contribution in [1.29, 1.82) is 0 Å². The van der Waals surface area contributed by atoms with Crippen molar-refractivity contribution in [1.82, 2.24) is 9.55 Å². The van der Waals surface area contributed by atoms with E-state index in [4.69, 9.17) is 15.7 Å². The number of oxime groups is 1. The SMILES string of the molecule is COc1ccc(C)cc1Cn1ccnc1C(N)=NO. The van der Waals surface area contributed by atoms with Gasteiger partial charge in [-0.3, -0.25) is 0 Å². The molecule has 6 nitrogen and oxygen atoms in total. The summed E-state index contributed by atoms with van der Waals surface area (Å²) in [6.45, 7) is 2.55. The number of hydrogen-bond acceptors (Lipinski definition) is 4. The average Bonchev–Trinajstić information content (AvgIpc) is 2.86. The number of benzene rings is 1. The van der Waals surface area contributed by atoms with Crippen LogP contribution in [0, 0.1) is 6.92 Å². The van der Waals surface area contributed by atoms with Gasteiger partial charge in [0.1, 0.15) is 5.75 Å². The Labute approximate surface area is 111 Å². The fourth-order valence-corrected chi connectivity index (χ4v) is 1.93. The summed E-state index contributed by atoms with van der Waals surface area (Å²) in [7, 11) is 1.63.